The lowest BCUT2D eigenvalue weighted by Crippen LogP contribution is -2.18. The second-order valence-corrected chi connectivity index (χ2v) is 6.61. The lowest BCUT2D eigenvalue weighted by Gasteiger charge is -2.20. The molecular weight excluding hydrogens is 326 g/mol. The van der Waals surface area contributed by atoms with E-state index in [2.05, 4.69) is 45.5 Å². The molecule has 1 aliphatic carbocycles. The molecule has 1 heterocycles. The zero-order valence-electron chi connectivity index (χ0n) is 12.5. The Labute approximate surface area is 134 Å². The predicted octanol–water partition coefficient (Wildman–Crippen LogP) is 5.74. The van der Waals surface area contributed by atoms with Gasteiger partial charge in [0.05, 0.1) is 10.5 Å². The van der Waals surface area contributed by atoms with Crippen molar-refractivity contribution in [2.24, 2.45) is 0 Å². The number of halogens is 1. The summed E-state index contributed by atoms with van der Waals surface area (Å²) in [7, 11) is 2.02. The van der Waals surface area contributed by atoms with Gasteiger partial charge in [-0.2, -0.15) is 0 Å². The van der Waals surface area contributed by atoms with E-state index in [-0.39, 0.29) is 6.04 Å². The second-order valence-electron chi connectivity index (χ2n) is 5.76. The summed E-state index contributed by atoms with van der Waals surface area (Å²) in [4.78, 5) is 0. The first-order chi connectivity index (χ1) is 10.3. The van der Waals surface area contributed by atoms with Gasteiger partial charge in [-0.3, -0.25) is 0 Å². The summed E-state index contributed by atoms with van der Waals surface area (Å²) in [5.74, 6) is 1.02. The van der Waals surface area contributed by atoms with Gasteiger partial charge in [0.15, 0.2) is 0 Å². The number of hydrogen-bond acceptors (Lipinski definition) is 2. The molecule has 0 radical (unpaired) electrons. The maximum Gasteiger partial charge on any atom is 0.148 e. The smallest absolute Gasteiger partial charge is 0.148 e. The van der Waals surface area contributed by atoms with E-state index in [9.17, 15) is 0 Å². The van der Waals surface area contributed by atoms with Gasteiger partial charge in [-0.05, 0) is 66.4 Å². The standard InChI is InChI=1S/C18H22BrNO/c1-20-17(13-8-5-3-2-4-6-9-13)16-12-14-10-7-11-15(19)18(14)21-16/h7-8,10-12,17,20H,2-6,9H2,1H3/b13-8+. The number of benzene rings is 1. The van der Waals surface area contributed by atoms with Crippen LogP contribution in [0.2, 0.25) is 0 Å². The number of allylic oxidation sites excluding steroid dienone is 1. The normalized spacial score (nSPS) is 20.6. The van der Waals surface area contributed by atoms with Gasteiger partial charge in [0.1, 0.15) is 11.3 Å². The van der Waals surface area contributed by atoms with Gasteiger partial charge in [0.25, 0.3) is 0 Å². The molecule has 0 saturated carbocycles. The van der Waals surface area contributed by atoms with Crippen LogP contribution >= 0.6 is 15.9 Å². The highest BCUT2D eigenvalue weighted by molar-refractivity contribution is 9.10. The molecule has 2 nitrogen and oxygen atoms in total. The van der Waals surface area contributed by atoms with Gasteiger partial charge in [0.2, 0.25) is 0 Å². The monoisotopic (exact) mass is 347 g/mol. The summed E-state index contributed by atoms with van der Waals surface area (Å²) in [6.45, 7) is 0. The zero-order chi connectivity index (χ0) is 14.7. The molecule has 1 N–H and O–H groups in total. The van der Waals surface area contributed by atoms with Gasteiger partial charge in [-0.25, -0.2) is 0 Å². The lowest BCUT2D eigenvalue weighted by molar-refractivity contribution is 0.470. The molecule has 0 fully saturated rings. The minimum atomic E-state index is 0.197. The number of fused-ring (bicyclic) bond motifs is 1. The Kier molecular flexibility index (Phi) is 4.81. The molecule has 1 atom stereocenters. The van der Waals surface area contributed by atoms with Gasteiger partial charge in [0, 0.05) is 5.39 Å². The van der Waals surface area contributed by atoms with Crippen molar-refractivity contribution >= 4 is 26.9 Å². The van der Waals surface area contributed by atoms with Crippen LogP contribution in [0.15, 0.2) is 44.8 Å². The Morgan fingerprint density at radius 1 is 1.19 bits per heavy atom. The average molecular weight is 348 g/mol. The Balaban J connectivity index is 1.95. The summed E-state index contributed by atoms with van der Waals surface area (Å²) < 4.78 is 7.15. The third-order valence-corrected chi connectivity index (χ3v) is 4.91. The van der Waals surface area contributed by atoms with Crippen molar-refractivity contribution in [1.29, 1.82) is 0 Å². The van der Waals surface area contributed by atoms with E-state index in [0.717, 1.165) is 21.2 Å². The molecule has 3 heteroatoms. The highest BCUT2D eigenvalue weighted by Crippen LogP contribution is 2.34. The molecular formula is C18H22BrNO. The molecule has 21 heavy (non-hydrogen) atoms. The molecule has 0 saturated heterocycles. The van der Waals surface area contributed by atoms with Crippen molar-refractivity contribution in [2.75, 3.05) is 7.05 Å². The first-order valence-electron chi connectivity index (χ1n) is 7.84. The Bertz CT molecular complexity index is 644. The molecule has 1 aromatic carbocycles. The van der Waals surface area contributed by atoms with E-state index in [0.29, 0.717) is 0 Å². The predicted molar refractivity (Wildman–Crippen MR) is 91.5 cm³/mol. The number of rotatable bonds is 3. The summed E-state index contributed by atoms with van der Waals surface area (Å²) in [6.07, 6.45) is 10.1. The molecule has 0 amide bonds. The quantitative estimate of drug-likeness (QED) is 0.716. The summed E-state index contributed by atoms with van der Waals surface area (Å²) in [6, 6.07) is 8.55. The first-order valence-corrected chi connectivity index (χ1v) is 8.63. The van der Waals surface area contributed by atoms with Crippen molar-refractivity contribution in [3.8, 4) is 0 Å². The fourth-order valence-corrected chi connectivity index (χ4v) is 3.64. The van der Waals surface area contributed by atoms with E-state index < -0.39 is 0 Å². The summed E-state index contributed by atoms with van der Waals surface area (Å²) >= 11 is 3.57. The third-order valence-electron chi connectivity index (χ3n) is 4.29. The van der Waals surface area contributed by atoms with E-state index in [1.165, 1.54) is 44.1 Å². The van der Waals surface area contributed by atoms with Gasteiger partial charge in [-0.1, -0.05) is 31.1 Å². The fraction of sp³-hybridized carbons (Fsp3) is 0.444. The molecule has 112 valence electrons. The number of likely N-dealkylation sites (N-methyl/N-ethyl adjacent to an activating group) is 1. The number of furan rings is 1. The first kappa shape index (κ1) is 14.9. The molecule has 3 rings (SSSR count). The zero-order valence-corrected chi connectivity index (χ0v) is 14.1. The van der Waals surface area contributed by atoms with Crippen molar-refractivity contribution in [1.82, 2.24) is 5.32 Å². The number of para-hydroxylation sites is 1. The van der Waals surface area contributed by atoms with Crippen LogP contribution in [0.4, 0.5) is 0 Å². The maximum atomic E-state index is 6.13. The van der Waals surface area contributed by atoms with Crippen molar-refractivity contribution in [3.05, 3.63) is 46.1 Å². The average Bonchev–Trinajstić information content (AvgIpc) is 2.87. The number of nitrogens with one attached hydrogen (secondary N) is 1. The molecule has 1 unspecified atom stereocenters. The van der Waals surface area contributed by atoms with Gasteiger partial charge < -0.3 is 9.73 Å². The van der Waals surface area contributed by atoms with Crippen LogP contribution in [-0.4, -0.2) is 7.05 Å². The minimum absolute atomic E-state index is 0.197. The molecule has 1 aliphatic rings. The maximum absolute atomic E-state index is 6.13. The van der Waals surface area contributed by atoms with E-state index in [1.807, 2.05) is 13.1 Å². The van der Waals surface area contributed by atoms with E-state index in [4.69, 9.17) is 4.42 Å². The Morgan fingerprint density at radius 3 is 2.86 bits per heavy atom. The van der Waals surface area contributed by atoms with Crippen LogP contribution in [-0.2, 0) is 0 Å². The van der Waals surface area contributed by atoms with Crippen molar-refractivity contribution < 1.29 is 4.42 Å². The highest BCUT2D eigenvalue weighted by atomic mass is 79.9. The summed E-state index contributed by atoms with van der Waals surface area (Å²) in [5.41, 5.74) is 2.42. The Morgan fingerprint density at radius 2 is 2.05 bits per heavy atom. The largest absolute Gasteiger partial charge is 0.458 e. The molecule has 0 bridgehead atoms. The summed E-state index contributed by atoms with van der Waals surface area (Å²) in [5, 5.41) is 4.60. The topological polar surface area (TPSA) is 25.2 Å². The van der Waals surface area contributed by atoms with Crippen molar-refractivity contribution in [3.63, 3.8) is 0 Å². The van der Waals surface area contributed by atoms with E-state index in [1.54, 1.807) is 0 Å². The molecule has 1 aromatic heterocycles. The minimum Gasteiger partial charge on any atom is -0.458 e. The SMILES string of the molecule is CNC(/C1=C/CCCCCC1)c1cc2cccc(Br)c2o1. The van der Waals surface area contributed by atoms with Gasteiger partial charge >= 0.3 is 0 Å². The number of hydrogen-bond donors (Lipinski definition) is 1. The van der Waals surface area contributed by atoms with Crippen LogP contribution in [0.3, 0.4) is 0 Å². The molecule has 0 aliphatic heterocycles. The fourth-order valence-electron chi connectivity index (χ4n) is 3.18. The lowest BCUT2D eigenvalue weighted by atomic mass is 9.93. The molecule has 0 spiro atoms. The highest BCUT2D eigenvalue weighted by Gasteiger charge is 2.20. The Hall–Kier alpha value is -1.06. The van der Waals surface area contributed by atoms with E-state index >= 15 is 0 Å². The van der Waals surface area contributed by atoms with Crippen LogP contribution in [0.5, 0.6) is 0 Å². The third kappa shape index (κ3) is 3.24. The molecule has 2 aromatic rings. The van der Waals surface area contributed by atoms with Crippen molar-refractivity contribution in [2.45, 2.75) is 44.6 Å². The van der Waals surface area contributed by atoms with Crippen LogP contribution < -0.4 is 5.32 Å². The van der Waals surface area contributed by atoms with Gasteiger partial charge in [-0.15, -0.1) is 0 Å². The van der Waals surface area contributed by atoms with Crippen LogP contribution in [0.25, 0.3) is 11.0 Å². The van der Waals surface area contributed by atoms with Crippen LogP contribution in [0, 0.1) is 0 Å². The second kappa shape index (κ2) is 6.80. The van der Waals surface area contributed by atoms with Crippen LogP contribution in [0.1, 0.15) is 50.3 Å².